The highest BCUT2D eigenvalue weighted by atomic mass is 16.7. The molecule has 6 heteroatoms. The van der Waals surface area contributed by atoms with Crippen LogP contribution < -0.4 is 20.1 Å². The summed E-state index contributed by atoms with van der Waals surface area (Å²) in [6.45, 7) is 3.24. The summed E-state index contributed by atoms with van der Waals surface area (Å²) in [6, 6.07) is 3.23. The molecule has 1 aliphatic rings. The fourth-order valence-electron chi connectivity index (χ4n) is 1.69. The summed E-state index contributed by atoms with van der Waals surface area (Å²) in [6.07, 6.45) is 0. The number of aromatic hydroxyl groups is 1. The number of ether oxygens (including phenoxy) is 2. The number of fused-ring (bicyclic) bond motifs is 1. The molecule has 1 aromatic rings. The number of phenolic OH excluding ortho intramolecular Hbond substituents is 1. The normalized spacial score (nSPS) is 12.5. The van der Waals surface area contributed by atoms with Crippen molar-refractivity contribution in [1.82, 2.24) is 10.6 Å². The zero-order chi connectivity index (χ0) is 13.0. The molecule has 1 amide bonds. The van der Waals surface area contributed by atoms with E-state index in [1.165, 1.54) is 6.07 Å². The summed E-state index contributed by atoms with van der Waals surface area (Å²) in [5.74, 6) is 1.21. The van der Waals surface area contributed by atoms with Gasteiger partial charge < -0.3 is 25.2 Å². The summed E-state index contributed by atoms with van der Waals surface area (Å²) >= 11 is 0. The van der Waals surface area contributed by atoms with Gasteiger partial charge >= 0.3 is 0 Å². The minimum Gasteiger partial charge on any atom is -0.507 e. The van der Waals surface area contributed by atoms with Crippen LogP contribution in [0.1, 0.15) is 12.5 Å². The van der Waals surface area contributed by atoms with Crippen molar-refractivity contribution < 1.29 is 19.4 Å². The van der Waals surface area contributed by atoms with E-state index < -0.39 is 0 Å². The lowest BCUT2D eigenvalue weighted by molar-refractivity contribution is -0.120. The third-order valence-electron chi connectivity index (χ3n) is 2.55. The van der Waals surface area contributed by atoms with Crippen LogP contribution in [-0.2, 0) is 11.3 Å². The van der Waals surface area contributed by atoms with Gasteiger partial charge in [0.25, 0.3) is 0 Å². The van der Waals surface area contributed by atoms with Gasteiger partial charge in [-0.25, -0.2) is 0 Å². The van der Waals surface area contributed by atoms with Crippen LogP contribution in [0.5, 0.6) is 17.2 Å². The Bertz CT molecular complexity index is 448. The second kappa shape index (κ2) is 5.59. The number of benzene rings is 1. The molecule has 18 heavy (non-hydrogen) atoms. The van der Waals surface area contributed by atoms with Crippen molar-refractivity contribution in [2.24, 2.45) is 0 Å². The summed E-state index contributed by atoms with van der Waals surface area (Å²) in [5, 5.41) is 15.4. The zero-order valence-electron chi connectivity index (χ0n) is 10.2. The van der Waals surface area contributed by atoms with Crippen LogP contribution >= 0.6 is 0 Å². The highest BCUT2D eigenvalue weighted by molar-refractivity contribution is 5.77. The van der Waals surface area contributed by atoms with Crippen molar-refractivity contribution in [2.75, 3.05) is 19.9 Å². The van der Waals surface area contributed by atoms with Gasteiger partial charge in [-0.05, 0) is 13.0 Å². The number of amides is 1. The van der Waals surface area contributed by atoms with Gasteiger partial charge in [-0.2, -0.15) is 0 Å². The summed E-state index contributed by atoms with van der Waals surface area (Å²) in [5.41, 5.74) is 0.670. The Morgan fingerprint density at radius 2 is 2.11 bits per heavy atom. The maximum Gasteiger partial charge on any atom is 0.233 e. The van der Waals surface area contributed by atoms with Gasteiger partial charge in [0, 0.05) is 24.7 Å². The first kappa shape index (κ1) is 12.5. The molecule has 0 bridgehead atoms. The fourth-order valence-corrected chi connectivity index (χ4v) is 1.69. The molecule has 0 fully saturated rings. The smallest absolute Gasteiger partial charge is 0.233 e. The second-order valence-electron chi connectivity index (χ2n) is 3.89. The second-order valence-corrected chi connectivity index (χ2v) is 3.89. The lowest BCUT2D eigenvalue weighted by atomic mass is 10.1. The van der Waals surface area contributed by atoms with Gasteiger partial charge in [0.05, 0.1) is 6.54 Å². The van der Waals surface area contributed by atoms with E-state index in [1.54, 1.807) is 6.07 Å². The number of likely N-dealkylation sites (N-methyl/N-ethyl adjacent to an activating group) is 1. The van der Waals surface area contributed by atoms with E-state index in [-0.39, 0.29) is 25.0 Å². The van der Waals surface area contributed by atoms with Gasteiger partial charge in [0.15, 0.2) is 11.5 Å². The van der Waals surface area contributed by atoms with Crippen LogP contribution in [0, 0.1) is 0 Å². The lowest BCUT2D eigenvalue weighted by Gasteiger charge is -2.08. The topological polar surface area (TPSA) is 79.8 Å². The van der Waals surface area contributed by atoms with Crippen molar-refractivity contribution in [1.29, 1.82) is 0 Å². The van der Waals surface area contributed by atoms with Gasteiger partial charge in [0.2, 0.25) is 12.7 Å². The van der Waals surface area contributed by atoms with Crippen molar-refractivity contribution in [2.45, 2.75) is 13.5 Å². The summed E-state index contributed by atoms with van der Waals surface area (Å²) in [4.78, 5) is 11.2. The van der Waals surface area contributed by atoms with Gasteiger partial charge in [-0.3, -0.25) is 4.79 Å². The lowest BCUT2D eigenvalue weighted by Crippen LogP contribution is -2.33. The SMILES string of the molecule is CCNC(=O)CNCc1cc2c(cc1O)OCO2. The fraction of sp³-hybridized carbons (Fsp3) is 0.417. The van der Waals surface area contributed by atoms with E-state index in [4.69, 9.17) is 9.47 Å². The molecule has 98 valence electrons. The standard InChI is InChI=1S/C12H16N2O4/c1-2-14-12(16)6-13-5-8-3-10-11(4-9(8)15)18-7-17-10/h3-4,13,15H,2,5-7H2,1H3,(H,14,16). The van der Waals surface area contributed by atoms with Crippen LogP contribution in [0.3, 0.4) is 0 Å². The first-order valence-electron chi connectivity index (χ1n) is 5.79. The molecule has 0 saturated carbocycles. The molecular weight excluding hydrogens is 236 g/mol. The Kier molecular flexibility index (Phi) is 3.88. The van der Waals surface area contributed by atoms with E-state index in [0.29, 0.717) is 30.2 Å². The third kappa shape index (κ3) is 2.84. The maximum absolute atomic E-state index is 11.2. The maximum atomic E-state index is 11.2. The van der Waals surface area contributed by atoms with Crippen molar-refractivity contribution >= 4 is 5.91 Å². The van der Waals surface area contributed by atoms with Gasteiger partial charge in [-0.1, -0.05) is 0 Å². The molecule has 0 spiro atoms. The summed E-state index contributed by atoms with van der Waals surface area (Å²) in [7, 11) is 0. The van der Waals surface area contributed by atoms with Crippen LogP contribution in [0.15, 0.2) is 12.1 Å². The van der Waals surface area contributed by atoms with Crippen LogP contribution in [0.25, 0.3) is 0 Å². The van der Waals surface area contributed by atoms with Crippen molar-refractivity contribution in [3.63, 3.8) is 0 Å². The van der Waals surface area contributed by atoms with Crippen molar-refractivity contribution in [3.05, 3.63) is 17.7 Å². The Morgan fingerprint density at radius 3 is 2.83 bits per heavy atom. The minimum atomic E-state index is -0.0715. The highest BCUT2D eigenvalue weighted by Gasteiger charge is 2.16. The quantitative estimate of drug-likeness (QED) is 0.704. The number of hydrogen-bond donors (Lipinski definition) is 3. The van der Waals surface area contributed by atoms with Crippen LogP contribution in [-0.4, -0.2) is 30.9 Å². The molecule has 1 aromatic carbocycles. The Morgan fingerprint density at radius 1 is 1.39 bits per heavy atom. The largest absolute Gasteiger partial charge is 0.507 e. The predicted octanol–water partition coefficient (Wildman–Crippen LogP) is 0.347. The van der Waals surface area contributed by atoms with Crippen LogP contribution in [0.4, 0.5) is 0 Å². The number of nitrogens with one attached hydrogen (secondary N) is 2. The van der Waals surface area contributed by atoms with E-state index in [0.717, 1.165) is 0 Å². The summed E-state index contributed by atoms with van der Waals surface area (Å²) < 4.78 is 10.4. The molecule has 0 radical (unpaired) electrons. The average molecular weight is 252 g/mol. The van der Waals surface area contributed by atoms with E-state index in [9.17, 15) is 9.90 Å². The highest BCUT2D eigenvalue weighted by Crippen LogP contribution is 2.37. The van der Waals surface area contributed by atoms with Crippen LogP contribution in [0.2, 0.25) is 0 Å². The molecule has 0 unspecified atom stereocenters. The predicted molar refractivity (Wildman–Crippen MR) is 64.6 cm³/mol. The first-order valence-corrected chi connectivity index (χ1v) is 5.79. The molecule has 0 saturated heterocycles. The Labute approximate surface area is 105 Å². The number of rotatable bonds is 5. The zero-order valence-corrected chi connectivity index (χ0v) is 10.2. The van der Waals surface area contributed by atoms with Gasteiger partial charge in [0.1, 0.15) is 5.75 Å². The number of carbonyl (C=O) groups excluding carboxylic acids is 1. The molecule has 0 aromatic heterocycles. The average Bonchev–Trinajstić information content (AvgIpc) is 2.76. The molecular formula is C12H16N2O4. The molecule has 1 aliphatic heterocycles. The monoisotopic (exact) mass is 252 g/mol. The Balaban J connectivity index is 1.92. The molecule has 0 atom stereocenters. The number of phenols is 1. The molecule has 0 aliphatic carbocycles. The third-order valence-corrected chi connectivity index (χ3v) is 2.55. The number of hydrogen-bond acceptors (Lipinski definition) is 5. The van der Waals surface area contributed by atoms with E-state index in [2.05, 4.69) is 10.6 Å². The van der Waals surface area contributed by atoms with E-state index in [1.807, 2.05) is 6.92 Å². The minimum absolute atomic E-state index is 0.0715. The molecule has 1 heterocycles. The molecule has 3 N–H and O–H groups in total. The van der Waals surface area contributed by atoms with Gasteiger partial charge in [-0.15, -0.1) is 0 Å². The Hall–Kier alpha value is -1.95. The van der Waals surface area contributed by atoms with Crippen molar-refractivity contribution in [3.8, 4) is 17.2 Å². The molecule has 6 nitrogen and oxygen atoms in total. The van der Waals surface area contributed by atoms with E-state index >= 15 is 0 Å². The first-order chi connectivity index (χ1) is 8.70. The molecule has 2 rings (SSSR count). The number of carbonyl (C=O) groups is 1.